The molecular weight excluding hydrogens is 186 g/mol. The average molecular weight is 205 g/mol. The van der Waals surface area contributed by atoms with Crippen LogP contribution < -0.4 is 5.73 Å². The van der Waals surface area contributed by atoms with E-state index in [1.165, 1.54) is 0 Å². The third kappa shape index (κ3) is 3.84. The van der Waals surface area contributed by atoms with Gasteiger partial charge in [0.2, 0.25) is 0 Å². The van der Waals surface area contributed by atoms with E-state index < -0.39 is 5.54 Å². The van der Waals surface area contributed by atoms with E-state index in [0.717, 1.165) is 16.7 Å². The van der Waals surface area contributed by atoms with Crippen molar-refractivity contribution in [2.24, 2.45) is 5.73 Å². The molecular formula is C13H19NO. The Bertz CT molecular complexity index is 354. The van der Waals surface area contributed by atoms with Crippen molar-refractivity contribution >= 4 is 5.78 Å². The van der Waals surface area contributed by atoms with Gasteiger partial charge in [-0.3, -0.25) is 4.79 Å². The van der Waals surface area contributed by atoms with Gasteiger partial charge in [-0.15, -0.1) is 0 Å². The predicted molar refractivity (Wildman–Crippen MR) is 63.1 cm³/mol. The molecule has 2 heteroatoms. The maximum atomic E-state index is 11.9. The summed E-state index contributed by atoms with van der Waals surface area (Å²) in [7, 11) is 0. The summed E-state index contributed by atoms with van der Waals surface area (Å²) in [4.78, 5) is 11.9. The van der Waals surface area contributed by atoms with Crippen LogP contribution in [0.25, 0.3) is 0 Å². The van der Waals surface area contributed by atoms with E-state index in [9.17, 15) is 4.79 Å². The van der Waals surface area contributed by atoms with Crippen LogP contribution in [0.1, 0.15) is 41.8 Å². The minimum atomic E-state index is -0.436. The number of aryl methyl sites for hydroxylation is 2. The predicted octanol–water partition coefficient (Wildman–Crippen LogP) is 2.61. The Hall–Kier alpha value is -1.15. The zero-order chi connectivity index (χ0) is 11.6. The first-order valence-electron chi connectivity index (χ1n) is 5.18. The molecule has 0 bridgehead atoms. The molecule has 0 atom stereocenters. The maximum Gasteiger partial charge on any atom is 0.164 e. The average Bonchev–Trinajstić information content (AvgIpc) is 1.98. The second-order valence-electron chi connectivity index (χ2n) is 4.96. The zero-order valence-corrected chi connectivity index (χ0v) is 9.92. The topological polar surface area (TPSA) is 43.1 Å². The lowest BCUT2D eigenvalue weighted by Gasteiger charge is -2.17. The number of nitrogens with two attached hydrogens (primary N) is 1. The van der Waals surface area contributed by atoms with E-state index >= 15 is 0 Å². The number of ketones is 1. The van der Waals surface area contributed by atoms with Crippen molar-refractivity contribution in [2.45, 2.75) is 39.7 Å². The van der Waals surface area contributed by atoms with Gasteiger partial charge in [-0.05, 0) is 39.8 Å². The van der Waals surface area contributed by atoms with Crippen molar-refractivity contribution in [3.8, 4) is 0 Å². The Morgan fingerprint density at radius 1 is 1.20 bits per heavy atom. The van der Waals surface area contributed by atoms with E-state index in [1.54, 1.807) is 0 Å². The SMILES string of the molecule is Cc1cc(C)cc(C(=O)CC(C)(C)N)c1. The molecule has 15 heavy (non-hydrogen) atoms. The van der Waals surface area contributed by atoms with Crippen molar-refractivity contribution in [3.05, 3.63) is 34.9 Å². The molecule has 0 saturated carbocycles. The molecule has 0 radical (unpaired) electrons. The number of hydrogen-bond acceptors (Lipinski definition) is 2. The highest BCUT2D eigenvalue weighted by Gasteiger charge is 2.17. The largest absolute Gasteiger partial charge is 0.325 e. The molecule has 0 saturated heterocycles. The van der Waals surface area contributed by atoms with Crippen LogP contribution in [0.5, 0.6) is 0 Å². The quantitative estimate of drug-likeness (QED) is 0.771. The first-order chi connectivity index (χ1) is 6.78. The van der Waals surface area contributed by atoms with E-state index in [1.807, 2.05) is 39.8 Å². The summed E-state index contributed by atoms with van der Waals surface area (Å²) in [5, 5.41) is 0. The van der Waals surface area contributed by atoms with Gasteiger partial charge in [0.15, 0.2) is 5.78 Å². The molecule has 0 spiro atoms. The highest BCUT2D eigenvalue weighted by atomic mass is 16.1. The van der Waals surface area contributed by atoms with Crippen molar-refractivity contribution in [1.82, 2.24) is 0 Å². The maximum absolute atomic E-state index is 11.9. The minimum Gasteiger partial charge on any atom is -0.325 e. The summed E-state index contributed by atoms with van der Waals surface area (Å²) in [6, 6.07) is 5.90. The summed E-state index contributed by atoms with van der Waals surface area (Å²) < 4.78 is 0. The van der Waals surface area contributed by atoms with Crippen molar-refractivity contribution in [2.75, 3.05) is 0 Å². The molecule has 2 nitrogen and oxygen atoms in total. The fourth-order valence-electron chi connectivity index (χ4n) is 1.65. The number of carbonyl (C=O) groups excluding carboxylic acids is 1. The summed E-state index contributed by atoms with van der Waals surface area (Å²) in [6.07, 6.45) is 0.385. The van der Waals surface area contributed by atoms with Gasteiger partial charge >= 0.3 is 0 Å². The third-order valence-electron chi connectivity index (χ3n) is 2.16. The Morgan fingerprint density at radius 3 is 2.07 bits per heavy atom. The first kappa shape index (κ1) is 11.9. The summed E-state index contributed by atoms with van der Waals surface area (Å²) in [5.74, 6) is 0.120. The highest BCUT2D eigenvalue weighted by Crippen LogP contribution is 2.14. The van der Waals surface area contributed by atoms with E-state index in [2.05, 4.69) is 6.07 Å². The number of hydrogen-bond donors (Lipinski definition) is 1. The van der Waals surface area contributed by atoms with Crippen molar-refractivity contribution in [1.29, 1.82) is 0 Å². The van der Waals surface area contributed by atoms with E-state index in [-0.39, 0.29) is 5.78 Å². The van der Waals surface area contributed by atoms with Crippen LogP contribution >= 0.6 is 0 Å². The Morgan fingerprint density at radius 2 is 1.67 bits per heavy atom. The lowest BCUT2D eigenvalue weighted by Crippen LogP contribution is -2.34. The van der Waals surface area contributed by atoms with Crippen LogP contribution in [0.15, 0.2) is 18.2 Å². The summed E-state index contributed by atoms with van der Waals surface area (Å²) >= 11 is 0. The van der Waals surface area contributed by atoms with Gasteiger partial charge in [-0.25, -0.2) is 0 Å². The summed E-state index contributed by atoms with van der Waals surface area (Å²) in [5.41, 5.74) is 8.40. The number of Topliss-reactive ketones (excluding diaryl/α,β-unsaturated/α-hetero) is 1. The molecule has 82 valence electrons. The monoisotopic (exact) mass is 205 g/mol. The second-order valence-corrected chi connectivity index (χ2v) is 4.96. The van der Waals surface area contributed by atoms with Gasteiger partial charge in [0, 0.05) is 17.5 Å². The van der Waals surface area contributed by atoms with E-state index in [4.69, 9.17) is 5.73 Å². The van der Waals surface area contributed by atoms with Crippen LogP contribution in [0.2, 0.25) is 0 Å². The number of carbonyl (C=O) groups is 1. The molecule has 0 aromatic heterocycles. The number of rotatable bonds is 3. The van der Waals surface area contributed by atoms with Crippen LogP contribution in [0, 0.1) is 13.8 Å². The molecule has 0 heterocycles. The molecule has 2 N–H and O–H groups in total. The van der Waals surface area contributed by atoms with Crippen LogP contribution in [-0.2, 0) is 0 Å². The molecule has 1 rings (SSSR count). The van der Waals surface area contributed by atoms with Crippen molar-refractivity contribution < 1.29 is 4.79 Å². The lowest BCUT2D eigenvalue weighted by molar-refractivity contribution is 0.0960. The molecule has 0 fully saturated rings. The molecule has 1 aromatic carbocycles. The molecule has 1 aromatic rings. The summed E-state index contributed by atoms with van der Waals surface area (Å²) in [6.45, 7) is 7.73. The standard InChI is InChI=1S/C13H19NO/c1-9-5-10(2)7-11(6-9)12(15)8-13(3,4)14/h5-7H,8,14H2,1-4H3. The molecule has 0 aliphatic rings. The fraction of sp³-hybridized carbons (Fsp3) is 0.462. The van der Waals surface area contributed by atoms with Gasteiger partial charge in [0.25, 0.3) is 0 Å². The molecule has 0 unspecified atom stereocenters. The number of benzene rings is 1. The van der Waals surface area contributed by atoms with Crippen LogP contribution in [-0.4, -0.2) is 11.3 Å². The van der Waals surface area contributed by atoms with Crippen LogP contribution in [0.3, 0.4) is 0 Å². The van der Waals surface area contributed by atoms with Gasteiger partial charge in [-0.2, -0.15) is 0 Å². The Balaban J connectivity index is 2.92. The van der Waals surface area contributed by atoms with Gasteiger partial charge in [-0.1, -0.05) is 17.2 Å². The lowest BCUT2D eigenvalue weighted by atomic mass is 9.94. The molecule has 0 aliphatic carbocycles. The highest BCUT2D eigenvalue weighted by molar-refractivity contribution is 5.97. The second kappa shape index (κ2) is 4.15. The smallest absolute Gasteiger partial charge is 0.164 e. The fourth-order valence-corrected chi connectivity index (χ4v) is 1.65. The minimum absolute atomic E-state index is 0.120. The van der Waals surface area contributed by atoms with Crippen molar-refractivity contribution in [3.63, 3.8) is 0 Å². The molecule has 0 aliphatic heterocycles. The van der Waals surface area contributed by atoms with Gasteiger partial charge < -0.3 is 5.73 Å². The Labute approximate surface area is 91.5 Å². The van der Waals surface area contributed by atoms with Crippen LogP contribution in [0.4, 0.5) is 0 Å². The first-order valence-corrected chi connectivity index (χ1v) is 5.18. The van der Waals surface area contributed by atoms with E-state index in [0.29, 0.717) is 6.42 Å². The zero-order valence-electron chi connectivity index (χ0n) is 9.92. The van der Waals surface area contributed by atoms with Gasteiger partial charge in [0.1, 0.15) is 0 Å². The Kier molecular flexibility index (Phi) is 3.30. The normalized spacial score (nSPS) is 11.5. The van der Waals surface area contributed by atoms with Gasteiger partial charge in [0.05, 0.1) is 0 Å². The third-order valence-corrected chi connectivity index (χ3v) is 2.16. The molecule has 0 amide bonds.